The van der Waals surface area contributed by atoms with Crippen LogP contribution >= 0.6 is 11.8 Å². The summed E-state index contributed by atoms with van der Waals surface area (Å²) in [6, 6.07) is 3.55. The van der Waals surface area contributed by atoms with Gasteiger partial charge in [-0.1, -0.05) is 0 Å². The Morgan fingerprint density at radius 2 is 2.05 bits per heavy atom. The maximum atomic E-state index is 11.3. The van der Waals surface area contributed by atoms with Gasteiger partial charge in [-0.15, -0.1) is 0 Å². The zero-order valence-corrected chi connectivity index (χ0v) is 13.1. The number of hydrogen-bond acceptors (Lipinski definition) is 6. The van der Waals surface area contributed by atoms with E-state index in [4.69, 9.17) is 4.74 Å². The minimum atomic E-state index is -0.378. The van der Waals surface area contributed by atoms with Crippen molar-refractivity contribution in [1.29, 1.82) is 0 Å². The number of carbonyl (C=O) groups excluding carboxylic acids is 2. The number of methoxy groups -OCH3 is 2. The van der Waals surface area contributed by atoms with Gasteiger partial charge < -0.3 is 9.47 Å². The Hall–Kier alpha value is -1.56. The minimum absolute atomic E-state index is 0.129. The van der Waals surface area contributed by atoms with Crippen LogP contribution in [0.3, 0.4) is 0 Å². The van der Waals surface area contributed by atoms with E-state index in [2.05, 4.69) is 9.72 Å². The van der Waals surface area contributed by atoms with Crippen LogP contribution in [0.5, 0.6) is 0 Å². The summed E-state index contributed by atoms with van der Waals surface area (Å²) in [5.41, 5.74) is 1.50. The second-order valence-corrected chi connectivity index (χ2v) is 6.26. The summed E-state index contributed by atoms with van der Waals surface area (Å²) in [6.07, 6.45) is 4.21. The molecule has 0 aliphatic heterocycles. The molecule has 1 aromatic heterocycles. The molecule has 0 aromatic carbocycles. The highest BCUT2D eigenvalue weighted by Gasteiger charge is 2.44. The lowest BCUT2D eigenvalue weighted by Gasteiger charge is -2.12. The lowest BCUT2D eigenvalue weighted by atomic mass is 10.1. The molecule has 0 amide bonds. The molecule has 1 aromatic rings. The molecule has 0 atom stereocenters. The van der Waals surface area contributed by atoms with Crippen molar-refractivity contribution in [3.8, 4) is 0 Å². The maximum absolute atomic E-state index is 11.3. The van der Waals surface area contributed by atoms with Crippen molar-refractivity contribution in [2.75, 3.05) is 20.0 Å². The first-order chi connectivity index (χ1) is 10.1. The highest BCUT2D eigenvalue weighted by atomic mass is 32.2. The van der Waals surface area contributed by atoms with Crippen molar-refractivity contribution in [3.63, 3.8) is 0 Å². The number of nitrogens with zero attached hydrogens (tertiary/aromatic N) is 1. The van der Waals surface area contributed by atoms with Crippen LogP contribution in [-0.4, -0.2) is 36.9 Å². The molecule has 1 aliphatic carbocycles. The van der Waals surface area contributed by atoms with Crippen LogP contribution < -0.4 is 0 Å². The first kappa shape index (κ1) is 15.8. The summed E-state index contributed by atoms with van der Waals surface area (Å²) in [5, 5.41) is 0. The molecule has 2 rings (SSSR count). The van der Waals surface area contributed by atoms with Crippen LogP contribution in [0.15, 0.2) is 18.3 Å². The molecule has 0 saturated heterocycles. The van der Waals surface area contributed by atoms with Gasteiger partial charge in [-0.05, 0) is 36.1 Å². The Morgan fingerprint density at radius 1 is 1.29 bits per heavy atom. The predicted octanol–water partition coefficient (Wildman–Crippen LogP) is 2.44. The Balaban J connectivity index is 1.78. The number of thioether (sulfide) groups is 1. The lowest BCUT2D eigenvalue weighted by molar-refractivity contribution is -0.141. The summed E-state index contributed by atoms with van der Waals surface area (Å²) < 4.78 is 9.36. The Bertz CT molecular complexity index is 511. The average molecular weight is 309 g/mol. The summed E-state index contributed by atoms with van der Waals surface area (Å²) in [5.74, 6) is 1.19. The fourth-order valence-electron chi connectivity index (χ4n) is 2.05. The highest BCUT2D eigenvalue weighted by Crippen LogP contribution is 2.51. The van der Waals surface area contributed by atoms with Gasteiger partial charge in [-0.2, -0.15) is 11.8 Å². The molecule has 1 heterocycles. The number of pyridine rings is 1. The van der Waals surface area contributed by atoms with Gasteiger partial charge in [0.1, 0.15) is 0 Å². The summed E-state index contributed by atoms with van der Waals surface area (Å²) in [6.45, 7) is 0. The molecule has 114 valence electrons. The fraction of sp³-hybridized carbons (Fsp3) is 0.533. The maximum Gasteiger partial charge on any atom is 0.339 e. The average Bonchev–Trinajstić information content (AvgIpc) is 3.26. The number of hydrogen-bond donors (Lipinski definition) is 0. The minimum Gasteiger partial charge on any atom is -0.469 e. The van der Waals surface area contributed by atoms with E-state index in [1.165, 1.54) is 20.4 Å². The topological polar surface area (TPSA) is 65.5 Å². The highest BCUT2D eigenvalue weighted by molar-refractivity contribution is 7.98. The predicted molar refractivity (Wildman–Crippen MR) is 80.0 cm³/mol. The Morgan fingerprint density at radius 3 is 2.57 bits per heavy atom. The zero-order valence-electron chi connectivity index (χ0n) is 12.3. The van der Waals surface area contributed by atoms with Crippen molar-refractivity contribution in [2.24, 2.45) is 5.41 Å². The second kappa shape index (κ2) is 6.93. The fourth-order valence-corrected chi connectivity index (χ4v) is 3.35. The first-order valence-electron chi connectivity index (χ1n) is 6.76. The van der Waals surface area contributed by atoms with Gasteiger partial charge in [-0.25, -0.2) is 4.79 Å². The third-order valence-electron chi connectivity index (χ3n) is 3.61. The number of carbonyl (C=O) groups is 2. The van der Waals surface area contributed by atoms with Crippen molar-refractivity contribution >= 4 is 23.7 Å². The molecule has 21 heavy (non-hydrogen) atoms. The Labute approximate surface area is 128 Å². The molecule has 1 aliphatic rings. The molecule has 0 radical (unpaired) electrons. The van der Waals surface area contributed by atoms with Gasteiger partial charge in [0.15, 0.2) is 0 Å². The van der Waals surface area contributed by atoms with E-state index in [-0.39, 0.29) is 17.4 Å². The van der Waals surface area contributed by atoms with E-state index in [0.717, 1.165) is 30.0 Å². The SMILES string of the molecule is COC(=O)CC1(CSCc2ccc(C(=O)OC)cn2)CC1. The third kappa shape index (κ3) is 4.46. The van der Waals surface area contributed by atoms with Gasteiger partial charge in [-0.3, -0.25) is 9.78 Å². The normalized spacial score (nSPS) is 15.3. The van der Waals surface area contributed by atoms with E-state index >= 15 is 0 Å². The van der Waals surface area contributed by atoms with Gasteiger partial charge >= 0.3 is 11.9 Å². The largest absolute Gasteiger partial charge is 0.469 e. The Kier molecular flexibility index (Phi) is 5.22. The quantitative estimate of drug-likeness (QED) is 0.721. The first-order valence-corrected chi connectivity index (χ1v) is 7.92. The number of aromatic nitrogens is 1. The summed E-state index contributed by atoms with van der Waals surface area (Å²) in [4.78, 5) is 26.9. The number of ether oxygens (including phenoxy) is 2. The van der Waals surface area contributed by atoms with Gasteiger partial charge in [0.25, 0.3) is 0 Å². The van der Waals surface area contributed by atoms with Crippen LogP contribution in [0, 0.1) is 5.41 Å². The van der Waals surface area contributed by atoms with Crippen molar-refractivity contribution < 1.29 is 19.1 Å². The molecule has 0 N–H and O–H groups in total. The standard InChI is InChI=1S/C15H19NO4S/c1-19-13(17)7-15(5-6-15)10-21-9-12-4-3-11(8-16-12)14(18)20-2/h3-4,8H,5-7,9-10H2,1-2H3. The van der Waals surface area contributed by atoms with Crippen molar-refractivity contribution in [3.05, 3.63) is 29.6 Å². The smallest absolute Gasteiger partial charge is 0.339 e. The molecule has 1 saturated carbocycles. The van der Waals surface area contributed by atoms with Gasteiger partial charge in [0, 0.05) is 11.9 Å². The summed E-state index contributed by atoms with van der Waals surface area (Å²) >= 11 is 1.76. The van der Waals surface area contributed by atoms with Crippen LogP contribution in [0.1, 0.15) is 35.3 Å². The van der Waals surface area contributed by atoms with Crippen molar-refractivity contribution in [1.82, 2.24) is 4.98 Å². The molecule has 0 unspecified atom stereocenters. The van der Waals surface area contributed by atoms with E-state index < -0.39 is 0 Å². The molecule has 0 bridgehead atoms. The van der Waals surface area contributed by atoms with Crippen LogP contribution in [0.2, 0.25) is 0 Å². The molecular formula is C15H19NO4S. The number of esters is 2. The molecular weight excluding hydrogens is 290 g/mol. The van der Waals surface area contributed by atoms with E-state index in [9.17, 15) is 9.59 Å². The van der Waals surface area contributed by atoms with Crippen LogP contribution in [0.25, 0.3) is 0 Å². The monoisotopic (exact) mass is 309 g/mol. The van der Waals surface area contributed by atoms with E-state index in [0.29, 0.717) is 12.0 Å². The van der Waals surface area contributed by atoms with E-state index in [1.54, 1.807) is 17.8 Å². The lowest BCUT2D eigenvalue weighted by Crippen LogP contribution is -2.13. The number of rotatable bonds is 7. The van der Waals surface area contributed by atoms with Crippen molar-refractivity contribution in [2.45, 2.75) is 25.0 Å². The van der Waals surface area contributed by atoms with Crippen LogP contribution in [-0.2, 0) is 20.0 Å². The summed E-state index contributed by atoms with van der Waals surface area (Å²) in [7, 11) is 2.78. The second-order valence-electron chi connectivity index (χ2n) is 5.28. The zero-order chi connectivity index (χ0) is 15.3. The molecule has 5 nitrogen and oxygen atoms in total. The third-order valence-corrected chi connectivity index (χ3v) is 4.92. The van der Waals surface area contributed by atoms with Crippen LogP contribution in [0.4, 0.5) is 0 Å². The molecule has 0 spiro atoms. The molecule has 1 fully saturated rings. The molecule has 6 heteroatoms. The van der Waals surface area contributed by atoms with E-state index in [1.807, 2.05) is 6.07 Å². The van der Waals surface area contributed by atoms with Gasteiger partial charge in [0.05, 0.1) is 31.9 Å². The van der Waals surface area contributed by atoms with Gasteiger partial charge in [0.2, 0.25) is 0 Å².